The van der Waals surface area contributed by atoms with Crippen molar-refractivity contribution >= 4 is 46.3 Å². The molecule has 0 aliphatic heterocycles. The SMILES string of the molecule is CSC1CCCC(Nc2c(Cl)cc([N+](=O)[O-])cc2Cl)C1. The molecule has 0 aromatic heterocycles. The fourth-order valence-electron chi connectivity index (χ4n) is 2.50. The first-order chi connectivity index (χ1) is 9.51. The monoisotopic (exact) mass is 334 g/mol. The van der Waals surface area contributed by atoms with Crippen LogP contribution in [0.25, 0.3) is 0 Å². The lowest BCUT2D eigenvalue weighted by molar-refractivity contribution is -0.384. The Morgan fingerprint density at radius 3 is 2.55 bits per heavy atom. The number of halogens is 2. The highest BCUT2D eigenvalue weighted by molar-refractivity contribution is 7.99. The van der Waals surface area contributed by atoms with Crippen LogP contribution in [0.2, 0.25) is 10.0 Å². The number of benzene rings is 1. The maximum atomic E-state index is 10.8. The molecule has 0 spiro atoms. The van der Waals surface area contributed by atoms with Gasteiger partial charge in [0.2, 0.25) is 0 Å². The molecule has 2 unspecified atom stereocenters. The molecule has 2 atom stereocenters. The summed E-state index contributed by atoms with van der Waals surface area (Å²) in [6.45, 7) is 0. The van der Waals surface area contributed by atoms with E-state index in [0.29, 0.717) is 27.0 Å². The molecule has 1 saturated carbocycles. The molecule has 1 aliphatic rings. The zero-order valence-corrected chi connectivity index (χ0v) is 13.4. The summed E-state index contributed by atoms with van der Waals surface area (Å²) in [6, 6.07) is 2.99. The van der Waals surface area contributed by atoms with Gasteiger partial charge in [-0.3, -0.25) is 10.1 Å². The van der Waals surface area contributed by atoms with Gasteiger partial charge in [0.15, 0.2) is 0 Å². The van der Waals surface area contributed by atoms with Crippen LogP contribution in [0.1, 0.15) is 25.7 Å². The third-order valence-corrected chi connectivity index (χ3v) is 5.24. The summed E-state index contributed by atoms with van der Waals surface area (Å²) in [5, 5.41) is 15.4. The zero-order valence-electron chi connectivity index (χ0n) is 11.1. The van der Waals surface area contributed by atoms with E-state index < -0.39 is 4.92 Å². The smallest absolute Gasteiger partial charge is 0.272 e. The standard InChI is InChI=1S/C13H16Cl2N2O2S/c1-20-10-4-2-3-8(5-10)16-13-11(14)6-9(17(18)19)7-12(13)15/h6-8,10,16H,2-5H2,1H3. The van der Waals surface area contributed by atoms with Crippen LogP contribution in [0, 0.1) is 10.1 Å². The number of hydrogen-bond acceptors (Lipinski definition) is 4. The molecule has 2 rings (SSSR count). The fourth-order valence-corrected chi connectivity index (χ4v) is 3.91. The van der Waals surface area contributed by atoms with Crippen LogP contribution >= 0.6 is 35.0 Å². The largest absolute Gasteiger partial charge is 0.380 e. The Morgan fingerprint density at radius 2 is 2.00 bits per heavy atom. The summed E-state index contributed by atoms with van der Waals surface area (Å²) in [7, 11) is 0. The van der Waals surface area contributed by atoms with Crippen LogP contribution in [-0.2, 0) is 0 Å². The Kier molecular flexibility index (Phi) is 5.41. The van der Waals surface area contributed by atoms with Crippen molar-refractivity contribution < 1.29 is 4.92 Å². The van der Waals surface area contributed by atoms with Gasteiger partial charge in [0.25, 0.3) is 5.69 Å². The molecule has 110 valence electrons. The Hall–Kier alpha value is -0.650. The average Bonchev–Trinajstić information content (AvgIpc) is 2.42. The van der Waals surface area contributed by atoms with Crippen LogP contribution in [0.3, 0.4) is 0 Å². The van der Waals surface area contributed by atoms with Gasteiger partial charge in [-0.2, -0.15) is 11.8 Å². The molecule has 1 N–H and O–H groups in total. The van der Waals surface area contributed by atoms with E-state index >= 15 is 0 Å². The van der Waals surface area contributed by atoms with Crippen molar-refractivity contribution in [3.8, 4) is 0 Å². The molecule has 0 bridgehead atoms. The predicted octanol–water partition coefficient (Wildman–Crippen LogP) is 4.99. The molecule has 0 amide bonds. The van der Waals surface area contributed by atoms with Gasteiger partial charge in [-0.05, 0) is 25.5 Å². The van der Waals surface area contributed by atoms with Crippen molar-refractivity contribution in [3.05, 3.63) is 32.3 Å². The lowest BCUT2D eigenvalue weighted by atomic mass is 9.94. The highest BCUT2D eigenvalue weighted by Gasteiger charge is 2.23. The minimum atomic E-state index is -0.494. The molecular weight excluding hydrogens is 319 g/mol. The second kappa shape index (κ2) is 6.87. The van der Waals surface area contributed by atoms with Crippen LogP contribution in [-0.4, -0.2) is 22.5 Å². The number of thioether (sulfide) groups is 1. The van der Waals surface area contributed by atoms with Crippen molar-refractivity contribution in [2.45, 2.75) is 37.0 Å². The number of non-ortho nitro benzene ring substituents is 1. The third kappa shape index (κ3) is 3.71. The second-order valence-electron chi connectivity index (χ2n) is 4.91. The summed E-state index contributed by atoms with van der Waals surface area (Å²) in [5.74, 6) is 0. The van der Waals surface area contributed by atoms with Gasteiger partial charge in [-0.15, -0.1) is 0 Å². The van der Waals surface area contributed by atoms with Crippen molar-refractivity contribution in [2.24, 2.45) is 0 Å². The van der Waals surface area contributed by atoms with Gasteiger partial charge in [0.05, 0.1) is 20.7 Å². The number of nitro benzene ring substituents is 1. The quantitative estimate of drug-likeness (QED) is 0.622. The molecule has 4 nitrogen and oxygen atoms in total. The molecule has 7 heteroatoms. The van der Waals surface area contributed by atoms with Crippen LogP contribution in [0.15, 0.2) is 12.1 Å². The van der Waals surface area contributed by atoms with E-state index in [2.05, 4.69) is 11.6 Å². The number of hydrogen-bond donors (Lipinski definition) is 1. The molecule has 1 fully saturated rings. The molecular formula is C13H16Cl2N2O2S. The summed E-state index contributed by atoms with van der Waals surface area (Å²) in [6.07, 6.45) is 6.66. The van der Waals surface area contributed by atoms with E-state index in [1.54, 1.807) is 0 Å². The van der Waals surface area contributed by atoms with Gasteiger partial charge in [0, 0.05) is 23.4 Å². The van der Waals surface area contributed by atoms with Crippen LogP contribution in [0.4, 0.5) is 11.4 Å². The predicted molar refractivity (Wildman–Crippen MR) is 86.3 cm³/mol. The van der Waals surface area contributed by atoms with E-state index in [9.17, 15) is 10.1 Å². The molecule has 0 heterocycles. The first kappa shape index (κ1) is 15.7. The topological polar surface area (TPSA) is 55.2 Å². The average molecular weight is 335 g/mol. The van der Waals surface area contributed by atoms with E-state index in [4.69, 9.17) is 23.2 Å². The maximum absolute atomic E-state index is 10.8. The third-order valence-electron chi connectivity index (χ3n) is 3.55. The normalized spacial score (nSPS) is 22.6. The van der Waals surface area contributed by atoms with Crippen LogP contribution < -0.4 is 5.32 Å². The van der Waals surface area contributed by atoms with Crippen LogP contribution in [0.5, 0.6) is 0 Å². The van der Waals surface area contributed by atoms with E-state index in [1.807, 2.05) is 11.8 Å². The maximum Gasteiger partial charge on any atom is 0.272 e. The molecule has 0 radical (unpaired) electrons. The van der Waals surface area contributed by atoms with E-state index in [0.717, 1.165) is 12.8 Å². The van der Waals surface area contributed by atoms with E-state index in [-0.39, 0.29) is 5.69 Å². The Morgan fingerprint density at radius 1 is 1.35 bits per heavy atom. The van der Waals surface area contributed by atoms with Crippen molar-refractivity contribution in [2.75, 3.05) is 11.6 Å². The van der Waals surface area contributed by atoms with Crippen molar-refractivity contribution in [1.82, 2.24) is 0 Å². The first-order valence-corrected chi connectivity index (χ1v) is 8.48. The highest BCUT2D eigenvalue weighted by Crippen LogP contribution is 2.37. The minimum Gasteiger partial charge on any atom is -0.380 e. The van der Waals surface area contributed by atoms with Crippen molar-refractivity contribution in [3.63, 3.8) is 0 Å². The van der Waals surface area contributed by atoms with E-state index in [1.165, 1.54) is 25.0 Å². The number of nitrogens with one attached hydrogen (secondary N) is 1. The number of anilines is 1. The summed E-state index contributed by atoms with van der Waals surface area (Å²) in [4.78, 5) is 10.3. The molecule has 1 aromatic rings. The highest BCUT2D eigenvalue weighted by atomic mass is 35.5. The lowest BCUT2D eigenvalue weighted by Gasteiger charge is -2.30. The van der Waals surface area contributed by atoms with Gasteiger partial charge < -0.3 is 5.32 Å². The van der Waals surface area contributed by atoms with Gasteiger partial charge >= 0.3 is 0 Å². The van der Waals surface area contributed by atoms with Crippen molar-refractivity contribution in [1.29, 1.82) is 0 Å². The lowest BCUT2D eigenvalue weighted by Crippen LogP contribution is -2.28. The Labute approximate surface area is 132 Å². The molecule has 20 heavy (non-hydrogen) atoms. The molecule has 0 saturated heterocycles. The summed E-state index contributed by atoms with van der Waals surface area (Å²) >= 11 is 14.1. The van der Waals surface area contributed by atoms with Gasteiger partial charge in [-0.1, -0.05) is 29.6 Å². The zero-order chi connectivity index (χ0) is 14.7. The minimum absolute atomic E-state index is 0.0869. The molecule has 1 aliphatic carbocycles. The first-order valence-electron chi connectivity index (χ1n) is 6.44. The number of nitro groups is 1. The summed E-state index contributed by atoms with van der Waals surface area (Å²) < 4.78 is 0. The number of rotatable bonds is 4. The Balaban J connectivity index is 2.15. The molecule has 1 aromatic carbocycles. The summed E-state index contributed by atoms with van der Waals surface area (Å²) in [5.41, 5.74) is 0.516. The van der Waals surface area contributed by atoms with Gasteiger partial charge in [-0.25, -0.2) is 0 Å². The Bertz CT molecular complexity index is 490. The van der Waals surface area contributed by atoms with Gasteiger partial charge in [0.1, 0.15) is 0 Å². The second-order valence-corrected chi connectivity index (χ2v) is 6.86. The fraction of sp³-hybridized carbons (Fsp3) is 0.538. The number of nitrogens with zero attached hydrogens (tertiary/aromatic N) is 1.